The highest BCUT2D eigenvalue weighted by molar-refractivity contribution is 6.07. The van der Waals surface area contributed by atoms with Gasteiger partial charge >= 0.3 is 0 Å². The lowest BCUT2D eigenvalue weighted by Crippen LogP contribution is -2.28. The van der Waals surface area contributed by atoms with Gasteiger partial charge in [-0.1, -0.05) is 0 Å². The average Bonchev–Trinajstić information content (AvgIpc) is 2.89. The second-order valence-electron chi connectivity index (χ2n) is 4.98. The average molecular weight is 284 g/mol. The van der Waals surface area contributed by atoms with E-state index in [9.17, 15) is 9.90 Å². The monoisotopic (exact) mass is 284 g/mol. The number of phenolic OH excluding ortho intramolecular Hbond substituents is 1. The Hall–Kier alpha value is -2.69. The molecule has 0 bridgehead atoms. The van der Waals surface area contributed by atoms with Crippen LogP contribution in [-0.2, 0) is 6.42 Å². The normalized spacial score (nSPS) is 13.1. The molecule has 3 N–H and O–H groups in total. The molecule has 0 spiro atoms. The molecule has 2 aromatic rings. The van der Waals surface area contributed by atoms with Gasteiger partial charge in [-0.05, 0) is 48.4 Å². The van der Waals surface area contributed by atoms with Crippen LogP contribution in [0.1, 0.15) is 15.9 Å². The van der Waals surface area contributed by atoms with E-state index in [-0.39, 0.29) is 11.7 Å². The van der Waals surface area contributed by atoms with Crippen LogP contribution in [0.25, 0.3) is 0 Å². The number of hydrogen-bond acceptors (Lipinski definition) is 4. The smallest absolute Gasteiger partial charge is 0.258 e. The van der Waals surface area contributed by atoms with E-state index in [1.807, 2.05) is 12.1 Å². The third-order valence-electron chi connectivity index (χ3n) is 3.67. The molecule has 0 fully saturated rings. The summed E-state index contributed by atoms with van der Waals surface area (Å²) in [5.74, 6) is 0.165. The number of ether oxygens (including phenoxy) is 1. The van der Waals surface area contributed by atoms with Crippen molar-refractivity contribution in [1.29, 1.82) is 0 Å². The number of carbonyl (C=O) groups is 1. The molecule has 0 unspecified atom stereocenters. The SMILES string of the molecule is COc1ccc(C(=O)N2CCc3cc(N)ccc32)cc1O. The molecule has 108 valence electrons. The standard InChI is InChI=1S/C16H16N2O3/c1-21-15-5-2-11(9-14(15)19)16(20)18-7-6-10-8-12(17)3-4-13(10)18/h2-5,8-9,19H,6-7,17H2,1H3. The van der Waals surface area contributed by atoms with Crippen molar-refractivity contribution in [3.8, 4) is 11.5 Å². The first-order valence-corrected chi connectivity index (χ1v) is 6.67. The molecule has 21 heavy (non-hydrogen) atoms. The molecule has 0 aliphatic carbocycles. The minimum atomic E-state index is -0.142. The molecule has 0 saturated heterocycles. The van der Waals surface area contributed by atoms with E-state index in [1.165, 1.54) is 13.2 Å². The number of carbonyl (C=O) groups excluding carboxylic acids is 1. The number of aromatic hydroxyl groups is 1. The number of nitrogen functional groups attached to an aromatic ring is 1. The molecule has 1 heterocycles. The van der Waals surface area contributed by atoms with E-state index in [2.05, 4.69) is 0 Å². The summed E-state index contributed by atoms with van der Waals surface area (Å²) < 4.78 is 4.99. The molecule has 3 rings (SSSR count). The summed E-state index contributed by atoms with van der Waals surface area (Å²) in [6.07, 6.45) is 0.786. The summed E-state index contributed by atoms with van der Waals surface area (Å²) in [5, 5.41) is 9.80. The highest BCUT2D eigenvalue weighted by atomic mass is 16.5. The fourth-order valence-corrected chi connectivity index (χ4v) is 2.61. The quantitative estimate of drug-likeness (QED) is 0.829. The van der Waals surface area contributed by atoms with E-state index < -0.39 is 0 Å². The first kappa shape index (κ1) is 13.3. The Bertz CT molecular complexity index is 713. The van der Waals surface area contributed by atoms with E-state index >= 15 is 0 Å². The van der Waals surface area contributed by atoms with E-state index in [1.54, 1.807) is 23.1 Å². The van der Waals surface area contributed by atoms with Gasteiger partial charge in [0.25, 0.3) is 5.91 Å². The number of nitrogens with two attached hydrogens (primary N) is 1. The second kappa shape index (κ2) is 5.01. The Balaban J connectivity index is 1.92. The Kier molecular flexibility index (Phi) is 3.17. The zero-order chi connectivity index (χ0) is 15.0. The van der Waals surface area contributed by atoms with Crippen LogP contribution in [0.15, 0.2) is 36.4 Å². The highest BCUT2D eigenvalue weighted by Gasteiger charge is 2.26. The van der Waals surface area contributed by atoms with E-state index in [0.717, 1.165) is 17.7 Å². The molecule has 1 aliphatic rings. The lowest BCUT2D eigenvalue weighted by atomic mass is 10.1. The third kappa shape index (κ3) is 2.27. The van der Waals surface area contributed by atoms with Gasteiger partial charge in [-0.2, -0.15) is 0 Å². The second-order valence-corrected chi connectivity index (χ2v) is 4.98. The maximum absolute atomic E-state index is 12.6. The zero-order valence-corrected chi connectivity index (χ0v) is 11.7. The number of benzene rings is 2. The number of amides is 1. The Labute approximate surface area is 122 Å². The molecule has 2 aromatic carbocycles. The number of nitrogens with zero attached hydrogens (tertiary/aromatic N) is 1. The molecule has 1 amide bonds. The summed E-state index contributed by atoms with van der Waals surface area (Å²) in [7, 11) is 1.47. The summed E-state index contributed by atoms with van der Waals surface area (Å²) in [6.45, 7) is 0.615. The molecule has 5 heteroatoms. The van der Waals surface area contributed by atoms with Gasteiger partial charge in [0.1, 0.15) is 0 Å². The fraction of sp³-hybridized carbons (Fsp3) is 0.188. The van der Waals surface area contributed by atoms with Crippen molar-refractivity contribution in [3.63, 3.8) is 0 Å². The van der Waals surface area contributed by atoms with Gasteiger partial charge in [0.15, 0.2) is 11.5 Å². The Morgan fingerprint density at radius 1 is 1.29 bits per heavy atom. The summed E-state index contributed by atoms with van der Waals surface area (Å²) >= 11 is 0. The number of anilines is 2. The molecule has 0 atom stereocenters. The largest absolute Gasteiger partial charge is 0.504 e. The van der Waals surface area contributed by atoms with Crippen LogP contribution < -0.4 is 15.4 Å². The minimum absolute atomic E-state index is 0.0416. The highest BCUT2D eigenvalue weighted by Crippen LogP contribution is 2.32. The fourth-order valence-electron chi connectivity index (χ4n) is 2.61. The Morgan fingerprint density at radius 3 is 2.81 bits per heavy atom. The zero-order valence-electron chi connectivity index (χ0n) is 11.7. The van der Waals surface area contributed by atoms with Crippen molar-refractivity contribution in [2.24, 2.45) is 0 Å². The molecular formula is C16H16N2O3. The van der Waals surface area contributed by atoms with Crippen LogP contribution in [-0.4, -0.2) is 24.7 Å². The topological polar surface area (TPSA) is 75.8 Å². The van der Waals surface area contributed by atoms with Crippen LogP contribution in [0, 0.1) is 0 Å². The molecule has 0 aromatic heterocycles. The van der Waals surface area contributed by atoms with E-state index in [0.29, 0.717) is 23.5 Å². The van der Waals surface area contributed by atoms with Crippen LogP contribution >= 0.6 is 0 Å². The first-order valence-electron chi connectivity index (χ1n) is 6.67. The summed E-state index contributed by atoms with van der Waals surface area (Å²) in [5.41, 5.74) is 8.84. The lowest BCUT2D eigenvalue weighted by molar-refractivity contribution is 0.0989. The molecule has 1 aliphatic heterocycles. The van der Waals surface area contributed by atoms with Gasteiger partial charge in [-0.25, -0.2) is 0 Å². The molecule has 0 saturated carbocycles. The number of methoxy groups -OCH3 is 1. The van der Waals surface area contributed by atoms with Gasteiger partial charge in [0, 0.05) is 23.5 Å². The number of hydrogen-bond donors (Lipinski definition) is 2. The maximum atomic E-state index is 12.6. The number of phenols is 1. The van der Waals surface area contributed by atoms with Crippen LogP contribution in [0.3, 0.4) is 0 Å². The lowest BCUT2D eigenvalue weighted by Gasteiger charge is -2.18. The van der Waals surface area contributed by atoms with Crippen molar-refractivity contribution in [3.05, 3.63) is 47.5 Å². The van der Waals surface area contributed by atoms with Crippen molar-refractivity contribution in [2.45, 2.75) is 6.42 Å². The summed E-state index contributed by atoms with van der Waals surface area (Å²) in [6, 6.07) is 10.2. The minimum Gasteiger partial charge on any atom is -0.504 e. The molecule has 0 radical (unpaired) electrons. The van der Waals surface area contributed by atoms with Crippen molar-refractivity contribution in [1.82, 2.24) is 0 Å². The predicted octanol–water partition coefficient (Wildman–Crippen LogP) is 2.19. The first-order chi connectivity index (χ1) is 10.1. The maximum Gasteiger partial charge on any atom is 0.258 e. The van der Waals surface area contributed by atoms with Gasteiger partial charge in [0.2, 0.25) is 0 Å². The van der Waals surface area contributed by atoms with Gasteiger partial charge < -0.3 is 20.5 Å². The predicted molar refractivity (Wildman–Crippen MR) is 80.9 cm³/mol. The summed E-state index contributed by atoms with van der Waals surface area (Å²) in [4.78, 5) is 14.3. The Morgan fingerprint density at radius 2 is 2.10 bits per heavy atom. The van der Waals surface area contributed by atoms with Gasteiger partial charge in [-0.15, -0.1) is 0 Å². The number of rotatable bonds is 2. The van der Waals surface area contributed by atoms with Crippen LogP contribution in [0.2, 0.25) is 0 Å². The van der Waals surface area contributed by atoms with Crippen LogP contribution in [0.5, 0.6) is 11.5 Å². The van der Waals surface area contributed by atoms with Crippen molar-refractivity contribution < 1.29 is 14.6 Å². The van der Waals surface area contributed by atoms with Crippen molar-refractivity contribution in [2.75, 3.05) is 24.3 Å². The number of fused-ring (bicyclic) bond motifs is 1. The van der Waals surface area contributed by atoms with Gasteiger partial charge in [-0.3, -0.25) is 4.79 Å². The van der Waals surface area contributed by atoms with Gasteiger partial charge in [0.05, 0.1) is 7.11 Å². The molecule has 5 nitrogen and oxygen atoms in total. The molecular weight excluding hydrogens is 268 g/mol. The van der Waals surface area contributed by atoms with Crippen LogP contribution in [0.4, 0.5) is 11.4 Å². The third-order valence-corrected chi connectivity index (χ3v) is 3.67. The van der Waals surface area contributed by atoms with Crippen molar-refractivity contribution >= 4 is 17.3 Å². The van der Waals surface area contributed by atoms with E-state index in [4.69, 9.17) is 10.5 Å².